The van der Waals surface area contributed by atoms with E-state index >= 15 is 0 Å². The van der Waals surface area contributed by atoms with Gasteiger partial charge in [-0.15, -0.1) is 0 Å². The molecule has 0 aliphatic carbocycles. The molecule has 0 unspecified atom stereocenters. The van der Waals surface area contributed by atoms with Crippen molar-refractivity contribution in [3.05, 3.63) is 88.4 Å². The number of ether oxygens (including phenoxy) is 1. The number of piperazine rings is 1. The zero-order valence-corrected chi connectivity index (χ0v) is 22.2. The topological polar surface area (TPSA) is 56.3 Å². The van der Waals surface area contributed by atoms with Crippen LogP contribution < -0.4 is 14.5 Å². The number of ketones is 1. The molecule has 2 aliphatic heterocycles. The zero-order valence-electron chi connectivity index (χ0n) is 22.2. The molecule has 0 spiro atoms. The monoisotopic (exact) mass is 515 g/mol. The third-order valence-corrected chi connectivity index (χ3v) is 7.49. The third kappa shape index (κ3) is 4.98. The number of benzene rings is 3. The van der Waals surface area contributed by atoms with Gasteiger partial charge in [-0.1, -0.05) is 24.3 Å². The summed E-state index contributed by atoms with van der Waals surface area (Å²) >= 11 is 0. The molecule has 0 radical (unpaired) electrons. The van der Waals surface area contributed by atoms with Crippen LogP contribution in [0, 0.1) is 12.7 Å². The van der Waals surface area contributed by atoms with Crippen molar-refractivity contribution < 1.29 is 19.0 Å². The van der Waals surface area contributed by atoms with Gasteiger partial charge in [0.25, 0.3) is 0 Å². The first kappa shape index (κ1) is 25.8. The van der Waals surface area contributed by atoms with Crippen molar-refractivity contribution in [2.24, 2.45) is 0 Å². The van der Waals surface area contributed by atoms with Crippen molar-refractivity contribution in [1.29, 1.82) is 0 Å². The number of phenolic OH excluding ortho intramolecular Hbond substituents is 1. The highest BCUT2D eigenvalue weighted by Gasteiger charge is 2.34. The first-order valence-corrected chi connectivity index (χ1v) is 13.3. The molecule has 0 bridgehead atoms. The summed E-state index contributed by atoms with van der Waals surface area (Å²) in [5.41, 5.74) is 4.44. The number of aromatic hydroxyl groups is 1. The van der Waals surface area contributed by atoms with Crippen LogP contribution in [-0.2, 0) is 6.54 Å². The Morgan fingerprint density at radius 1 is 1.03 bits per heavy atom. The Morgan fingerprint density at radius 2 is 1.71 bits per heavy atom. The Kier molecular flexibility index (Phi) is 7.38. The second-order valence-electron chi connectivity index (χ2n) is 9.81. The molecular formula is C31H34FN3O3. The number of nitrogens with zero attached hydrogens (tertiary/aromatic N) is 3. The first-order chi connectivity index (χ1) is 18.4. The number of anilines is 2. The van der Waals surface area contributed by atoms with Crippen LogP contribution in [0.1, 0.15) is 40.9 Å². The lowest BCUT2D eigenvalue weighted by molar-refractivity contribution is 0.101. The van der Waals surface area contributed by atoms with Crippen molar-refractivity contribution in [3.8, 4) is 11.5 Å². The molecule has 5 rings (SSSR count). The highest BCUT2D eigenvalue weighted by Crippen LogP contribution is 2.42. The van der Waals surface area contributed by atoms with E-state index in [1.165, 1.54) is 6.07 Å². The van der Waals surface area contributed by atoms with E-state index in [9.17, 15) is 14.3 Å². The quantitative estimate of drug-likeness (QED) is 0.412. The molecule has 2 aliphatic rings. The van der Waals surface area contributed by atoms with E-state index in [1.54, 1.807) is 24.3 Å². The summed E-state index contributed by atoms with van der Waals surface area (Å²) in [4.78, 5) is 19.8. The van der Waals surface area contributed by atoms with Gasteiger partial charge in [0.05, 0.1) is 16.8 Å². The predicted molar refractivity (Wildman–Crippen MR) is 150 cm³/mol. The maximum atomic E-state index is 14.2. The fourth-order valence-corrected chi connectivity index (χ4v) is 5.33. The van der Waals surface area contributed by atoms with E-state index in [0.29, 0.717) is 60.9 Å². The minimum Gasteiger partial charge on any atom is -0.507 e. The summed E-state index contributed by atoms with van der Waals surface area (Å²) in [6, 6.07) is 16.5. The number of rotatable bonds is 7. The SMILES string of the molecule is CCN(CC)c1ccc(/C=C2/Oc3c(CN4CCN(c5ccccc5F)CC4)c(O)cc(C)c3C2=O)cc1. The van der Waals surface area contributed by atoms with Gasteiger partial charge in [0.15, 0.2) is 5.76 Å². The molecule has 0 atom stereocenters. The van der Waals surface area contributed by atoms with Crippen molar-refractivity contribution in [3.63, 3.8) is 0 Å². The van der Waals surface area contributed by atoms with E-state index in [1.807, 2.05) is 30.0 Å². The molecule has 6 nitrogen and oxygen atoms in total. The van der Waals surface area contributed by atoms with Crippen LogP contribution in [0.5, 0.6) is 11.5 Å². The number of aryl methyl sites for hydroxylation is 1. The molecule has 0 aromatic heterocycles. The Bertz CT molecular complexity index is 1360. The van der Waals surface area contributed by atoms with Crippen LogP contribution in [0.2, 0.25) is 0 Å². The lowest BCUT2D eigenvalue weighted by Gasteiger charge is -2.36. The summed E-state index contributed by atoms with van der Waals surface area (Å²) in [6.07, 6.45) is 1.77. The summed E-state index contributed by atoms with van der Waals surface area (Å²) in [7, 11) is 0. The average Bonchev–Trinajstić information content (AvgIpc) is 3.25. The van der Waals surface area contributed by atoms with Gasteiger partial charge in [-0.3, -0.25) is 9.69 Å². The largest absolute Gasteiger partial charge is 0.507 e. The molecule has 7 heteroatoms. The second kappa shape index (κ2) is 10.9. The zero-order chi connectivity index (χ0) is 26.8. The first-order valence-electron chi connectivity index (χ1n) is 13.3. The number of halogens is 1. The number of Topliss-reactive ketones (excluding diaryl/α,β-unsaturated/α-hetero) is 1. The van der Waals surface area contributed by atoms with E-state index in [4.69, 9.17) is 4.74 Å². The highest BCUT2D eigenvalue weighted by molar-refractivity contribution is 6.15. The number of allylic oxidation sites excluding steroid dienone is 1. The lowest BCUT2D eigenvalue weighted by atomic mass is 9.99. The van der Waals surface area contributed by atoms with Gasteiger partial charge in [-0.05, 0) is 68.3 Å². The molecule has 0 amide bonds. The Hall–Kier alpha value is -3.84. The Balaban J connectivity index is 1.34. The van der Waals surface area contributed by atoms with Crippen molar-refractivity contribution >= 4 is 23.2 Å². The fourth-order valence-electron chi connectivity index (χ4n) is 5.33. The maximum absolute atomic E-state index is 14.2. The third-order valence-electron chi connectivity index (χ3n) is 7.49. The fraction of sp³-hybridized carbons (Fsp3) is 0.323. The molecular weight excluding hydrogens is 481 g/mol. The smallest absolute Gasteiger partial charge is 0.232 e. The lowest BCUT2D eigenvalue weighted by Crippen LogP contribution is -2.46. The van der Waals surface area contributed by atoms with Crippen LogP contribution >= 0.6 is 0 Å². The Labute approximate surface area is 223 Å². The van der Waals surface area contributed by atoms with E-state index in [-0.39, 0.29) is 23.1 Å². The molecule has 1 fully saturated rings. The van der Waals surface area contributed by atoms with Gasteiger partial charge >= 0.3 is 0 Å². The molecule has 3 aromatic rings. The molecule has 0 saturated carbocycles. The van der Waals surface area contributed by atoms with Crippen LogP contribution in [0.4, 0.5) is 15.8 Å². The molecule has 3 aromatic carbocycles. The second-order valence-corrected chi connectivity index (χ2v) is 9.81. The van der Waals surface area contributed by atoms with Crippen molar-refractivity contribution in [1.82, 2.24) is 4.90 Å². The summed E-state index contributed by atoms with van der Waals surface area (Å²) in [6.45, 7) is 11.1. The minimum atomic E-state index is -0.219. The van der Waals surface area contributed by atoms with Crippen LogP contribution in [0.15, 0.2) is 60.4 Å². The standard InChI is InChI=1S/C31H34FN3O3/c1-4-34(5-2)23-12-10-22(11-13-23)19-28-30(37)29-21(3)18-27(36)24(31(29)38-28)20-33-14-16-35(17-15-33)26-9-7-6-8-25(26)32/h6-13,18-19,36H,4-5,14-17,20H2,1-3H3/b28-19+. The minimum absolute atomic E-state index is 0.121. The summed E-state index contributed by atoms with van der Waals surface area (Å²) in [5, 5.41) is 10.8. The number of fused-ring (bicyclic) bond motifs is 1. The number of carbonyl (C=O) groups excluding carboxylic acids is 1. The van der Waals surface area contributed by atoms with Crippen molar-refractivity contribution in [2.45, 2.75) is 27.3 Å². The van der Waals surface area contributed by atoms with Gasteiger partial charge in [0, 0.05) is 51.5 Å². The van der Waals surface area contributed by atoms with Crippen LogP contribution in [0.25, 0.3) is 6.08 Å². The van der Waals surface area contributed by atoms with Crippen molar-refractivity contribution in [2.75, 3.05) is 49.1 Å². The number of hydrogen-bond donors (Lipinski definition) is 1. The summed E-state index contributed by atoms with van der Waals surface area (Å²) in [5.74, 6) is 0.431. The number of para-hydroxylation sites is 1. The van der Waals surface area contributed by atoms with Gasteiger partial charge in [-0.25, -0.2) is 4.39 Å². The van der Waals surface area contributed by atoms with Crippen LogP contribution in [-0.4, -0.2) is 55.1 Å². The van der Waals surface area contributed by atoms with Gasteiger partial charge in [-0.2, -0.15) is 0 Å². The van der Waals surface area contributed by atoms with E-state index < -0.39 is 0 Å². The molecule has 38 heavy (non-hydrogen) atoms. The van der Waals surface area contributed by atoms with E-state index in [2.05, 4.69) is 35.8 Å². The number of carbonyl (C=O) groups is 1. The predicted octanol–water partition coefficient (Wildman–Crippen LogP) is 5.62. The maximum Gasteiger partial charge on any atom is 0.232 e. The van der Waals surface area contributed by atoms with E-state index in [0.717, 1.165) is 24.3 Å². The molecule has 198 valence electrons. The Morgan fingerprint density at radius 3 is 2.37 bits per heavy atom. The normalized spacial score (nSPS) is 16.6. The van der Waals surface area contributed by atoms with Gasteiger partial charge < -0.3 is 19.6 Å². The summed E-state index contributed by atoms with van der Waals surface area (Å²) < 4.78 is 20.4. The van der Waals surface area contributed by atoms with Crippen LogP contribution in [0.3, 0.4) is 0 Å². The average molecular weight is 516 g/mol. The van der Waals surface area contributed by atoms with Gasteiger partial charge in [0.1, 0.15) is 17.3 Å². The number of hydrogen-bond acceptors (Lipinski definition) is 6. The molecule has 1 N–H and O–H groups in total. The highest BCUT2D eigenvalue weighted by atomic mass is 19.1. The number of phenols is 1. The van der Waals surface area contributed by atoms with Gasteiger partial charge in [0.2, 0.25) is 5.78 Å². The molecule has 2 heterocycles. The molecule has 1 saturated heterocycles.